The van der Waals surface area contributed by atoms with Crippen molar-refractivity contribution in [3.63, 3.8) is 0 Å². The van der Waals surface area contributed by atoms with Gasteiger partial charge in [0.2, 0.25) is 0 Å². The fraction of sp³-hybridized carbons (Fsp3) is 0.500. The van der Waals surface area contributed by atoms with Crippen molar-refractivity contribution in [3.05, 3.63) is 36.1 Å². The zero-order chi connectivity index (χ0) is 11.9. The summed E-state index contributed by atoms with van der Waals surface area (Å²) in [4.78, 5) is 0. The van der Waals surface area contributed by atoms with Gasteiger partial charge in [-0.1, -0.05) is 18.2 Å². The van der Waals surface area contributed by atoms with Gasteiger partial charge in [-0.15, -0.1) is 0 Å². The quantitative estimate of drug-likeness (QED) is 0.863. The molecule has 1 aromatic carbocycles. The normalized spacial score (nSPS) is 19.8. The summed E-state index contributed by atoms with van der Waals surface area (Å²) in [5, 5.41) is 5.04. The molecule has 1 heterocycles. The van der Waals surface area contributed by atoms with Gasteiger partial charge in [0.05, 0.1) is 6.26 Å². The molecule has 4 rings (SSSR count). The molecule has 2 heteroatoms. The molecule has 0 unspecified atom stereocenters. The third kappa shape index (κ3) is 1.95. The van der Waals surface area contributed by atoms with Crippen LogP contribution >= 0.6 is 0 Å². The van der Waals surface area contributed by atoms with Gasteiger partial charge in [0, 0.05) is 23.5 Å². The number of fused-ring (bicyclic) bond motifs is 1. The van der Waals surface area contributed by atoms with Gasteiger partial charge in [-0.2, -0.15) is 0 Å². The third-order valence-electron chi connectivity index (χ3n) is 4.35. The van der Waals surface area contributed by atoms with Crippen molar-refractivity contribution in [2.45, 2.75) is 38.3 Å². The van der Waals surface area contributed by atoms with Crippen LogP contribution in [0.1, 0.15) is 31.2 Å². The van der Waals surface area contributed by atoms with Crippen LogP contribution in [-0.2, 0) is 6.54 Å². The number of furan rings is 1. The molecule has 0 radical (unpaired) electrons. The molecule has 2 aliphatic carbocycles. The molecule has 2 nitrogen and oxygen atoms in total. The lowest BCUT2D eigenvalue weighted by molar-refractivity contribution is 0.415. The van der Waals surface area contributed by atoms with E-state index in [-0.39, 0.29) is 0 Å². The molecule has 94 valence electrons. The molecule has 2 saturated carbocycles. The molecule has 2 aromatic rings. The molecule has 2 aliphatic rings. The summed E-state index contributed by atoms with van der Waals surface area (Å²) in [6, 6.07) is 9.07. The topological polar surface area (TPSA) is 25.2 Å². The Labute approximate surface area is 107 Å². The molecular weight excluding hydrogens is 222 g/mol. The summed E-state index contributed by atoms with van der Waals surface area (Å²) in [7, 11) is 0. The van der Waals surface area contributed by atoms with E-state index < -0.39 is 0 Å². The average Bonchev–Trinajstić information content (AvgIpc) is 3.29. The number of benzene rings is 1. The van der Waals surface area contributed by atoms with Crippen LogP contribution in [0.2, 0.25) is 0 Å². The lowest BCUT2D eigenvalue weighted by Crippen LogP contribution is -2.32. The Kier molecular flexibility index (Phi) is 2.44. The van der Waals surface area contributed by atoms with Crippen LogP contribution in [0.5, 0.6) is 0 Å². The van der Waals surface area contributed by atoms with E-state index >= 15 is 0 Å². The highest BCUT2D eigenvalue weighted by atomic mass is 16.3. The highest BCUT2D eigenvalue weighted by Gasteiger charge is 2.40. The van der Waals surface area contributed by atoms with Gasteiger partial charge in [0.15, 0.2) is 0 Å². The van der Waals surface area contributed by atoms with Crippen LogP contribution in [0, 0.1) is 11.8 Å². The lowest BCUT2D eigenvalue weighted by Gasteiger charge is -2.17. The Balaban J connectivity index is 1.50. The second-order valence-electron chi connectivity index (χ2n) is 5.84. The number of para-hydroxylation sites is 1. The molecular formula is C16H19NO. The Morgan fingerprint density at radius 1 is 1.11 bits per heavy atom. The molecule has 0 amide bonds. The van der Waals surface area contributed by atoms with E-state index in [1.54, 1.807) is 0 Å². The van der Waals surface area contributed by atoms with Crippen molar-refractivity contribution in [1.29, 1.82) is 0 Å². The molecule has 0 spiro atoms. The maximum absolute atomic E-state index is 5.59. The standard InChI is InChI=1S/C16H19NO/c1-2-4-15-14(3-1)13(10-18-15)9-17-16(11-5-6-11)12-7-8-12/h1-4,10-12,16-17H,5-9H2. The van der Waals surface area contributed by atoms with Crippen molar-refractivity contribution in [1.82, 2.24) is 5.32 Å². The van der Waals surface area contributed by atoms with Gasteiger partial charge in [0.25, 0.3) is 0 Å². The molecule has 1 aromatic heterocycles. The SMILES string of the molecule is c1ccc2c(CNC(C3CC3)C3CC3)coc2c1. The predicted octanol–water partition coefficient (Wildman–Crippen LogP) is 3.71. The van der Waals surface area contributed by atoms with E-state index in [2.05, 4.69) is 17.4 Å². The molecule has 0 saturated heterocycles. The maximum Gasteiger partial charge on any atom is 0.134 e. The Morgan fingerprint density at radius 3 is 2.56 bits per heavy atom. The van der Waals surface area contributed by atoms with Crippen molar-refractivity contribution >= 4 is 11.0 Å². The fourth-order valence-electron chi connectivity index (χ4n) is 3.03. The molecule has 0 aliphatic heterocycles. The Bertz CT molecular complexity index is 539. The van der Waals surface area contributed by atoms with Crippen LogP contribution in [-0.4, -0.2) is 6.04 Å². The van der Waals surface area contributed by atoms with Gasteiger partial charge in [-0.25, -0.2) is 0 Å². The monoisotopic (exact) mass is 241 g/mol. The molecule has 0 bridgehead atoms. The zero-order valence-electron chi connectivity index (χ0n) is 10.6. The third-order valence-corrected chi connectivity index (χ3v) is 4.35. The summed E-state index contributed by atoms with van der Waals surface area (Å²) in [6.07, 6.45) is 7.63. The van der Waals surface area contributed by atoms with E-state index in [1.807, 2.05) is 18.4 Å². The number of nitrogens with one attached hydrogen (secondary N) is 1. The largest absolute Gasteiger partial charge is 0.464 e. The first-order chi connectivity index (χ1) is 8.92. The van der Waals surface area contributed by atoms with Crippen LogP contribution in [0.25, 0.3) is 11.0 Å². The van der Waals surface area contributed by atoms with Crippen molar-refractivity contribution in [2.24, 2.45) is 11.8 Å². The van der Waals surface area contributed by atoms with Crippen molar-refractivity contribution in [2.75, 3.05) is 0 Å². The average molecular weight is 241 g/mol. The Hall–Kier alpha value is -1.28. The smallest absolute Gasteiger partial charge is 0.134 e. The number of hydrogen-bond donors (Lipinski definition) is 1. The highest BCUT2D eigenvalue weighted by molar-refractivity contribution is 5.80. The lowest BCUT2D eigenvalue weighted by atomic mass is 10.1. The van der Waals surface area contributed by atoms with E-state index in [0.29, 0.717) is 0 Å². The van der Waals surface area contributed by atoms with E-state index in [0.717, 1.165) is 30.0 Å². The van der Waals surface area contributed by atoms with E-state index in [4.69, 9.17) is 4.42 Å². The summed E-state index contributed by atoms with van der Waals surface area (Å²) < 4.78 is 5.59. The first-order valence-corrected chi connectivity index (χ1v) is 7.10. The van der Waals surface area contributed by atoms with Gasteiger partial charge in [-0.3, -0.25) is 0 Å². The van der Waals surface area contributed by atoms with Crippen molar-refractivity contribution in [3.8, 4) is 0 Å². The summed E-state index contributed by atoms with van der Waals surface area (Å²) in [5.41, 5.74) is 2.31. The maximum atomic E-state index is 5.59. The van der Waals surface area contributed by atoms with Crippen LogP contribution in [0.4, 0.5) is 0 Å². The predicted molar refractivity (Wildman–Crippen MR) is 72.3 cm³/mol. The van der Waals surface area contributed by atoms with Gasteiger partial charge < -0.3 is 9.73 Å². The number of rotatable bonds is 5. The van der Waals surface area contributed by atoms with Crippen LogP contribution < -0.4 is 5.32 Å². The summed E-state index contributed by atoms with van der Waals surface area (Å²) >= 11 is 0. The summed E-state index contributed by atoms with van der Waals surface area (Å²) in [5.74, 6) is 1.91. The van der Waals surface area contributed by atoms with E-state index in [1.165, 1.54) is 36.6 Å². The molecule has 18 heavy (non-hydrogen) atoms. The van der Waals surface area contributed by atoms with Crippen molar-refractivity contribution < 1.29 is 4.42 Å². The second kappa shape index (κ2) is 4.13. The van der Waals surface area contributed by atoms with Gasteiger partial charge in [-0.05, 0) is 43.6 Å². The Morgan fingerprint density at radius 2 is 1.83 bits per heavy atom. The molecule has 2 fully saturated rings. The zero-order valence-corrected chi connectivity index (χ0v) is 10.6. The molecule has 1 N–H and O–H groups in total. The second-order valence-corrected chi connectivity index (χ2v) is 5.84. The minimum absolute atomic E-state index is 0.763. The minimum Gasteiger partial charge on any atom is -0.464 e. The van der Waals surface area contributed by atoms with Crippen LogP contribution in [0.3, 0.4) is 0 Å². The fourth-order valence-corrected chi connectivity index (χ4v) is 3.03. The van der Waals surface area contributed by atoms with E-state index in [9.17, 15) is 0 Å². The molecule has 0 atom stereocenters. The number of hydrogen-bond acceptors (Lipinski definition) is 2. The summed E-state index contributed by atoms with van der Waals surface area (Å²) in [6.45, 7) is 0.953. The van der Waals surface area contributed by atoms with Gasteiger partial charge in [0.1, 0.15) is 5.58 Å². The van der Waals surface area contributed by atoms with Crippen LogP contribution in [0.15, 0.2) is 34.9 Å². The first-order valence-electron chi connectivity index (χ1n) is 7.10. The first kappa shape index (κ1) is 10.6. The minimum atomic E-state index is 0.763. The van der Waals surface area contributed by atoms with Gasteiger partial charge >= 0.3 is 0 Å². The highest BCUT2D eigenvalue weighted by Crippen LogP contribution is 2.44.